The monoisotopic (exact) mass is 664 g/mol. The summed E-state index contributed by atoms with van der Waals surface area (Å²) in [5.74, 6) is 0. The van der Waals surface area contributed by atoms with E-state index in [0.29, 0.717) is 0 Å². The zero-order valence-corrected chi connectivity index (χ0v) is 26.5. The molecular formula is C29H31BBr2N6O2. The Labute approximate surface area is 250 Å². The second kappa shape index (κ2) is 11.1. The van der Waals surface area contributed by atoms with E-state index in [1.54, 1.807) is 12.4 Å². The Kier molecular flexibility index (Phi) is 7.93. The van der Waals surface area contributed by atoms with Gasteiger partial charge in [0, 0.05) is 76.4 Å². The average molecular weight is 666 g/mol. The van der Waals surface area contributed by atoms with Crippen molar-refractivity contribution in [3.8, 4) is 0 Å². The molecule has 0 saturated carbocycles. The van der Waals surface area contributed by atoms with Crippen molar-refractivity contribution in [3.05, 3.63) is 82.5 Å². The molecule has 1 N–H and O–H groups in total. The molecule has 0 amide bonds. The van der Waals surface area contributed by atoms with Crippen LogP contribution in [-0.2, 0) is 23.4 Å². The Hall–Kier alpha value is -2.99. The van der Waals surface area contributed by atoms with E-state index in [9.17, 15) is 0 Å². The van der Waals surface area contributed by atoms with Gasteiger partial charge < -0.3 is 23.4 Å². The van der Waals surface area contributed by atoms with E-state index < -0.39 is 0 Å². The molecule has 0 atom stereocenters. The number of pyridine rings is 3. The lowest BCUT2D eigenvalue weighted by Gasteiger charge is -2.32. The van der Waals surface area contributed by atoms with Crippen molar-refractivity contribution >= 4 is 77.5 Å². The van der Waals surface area contributed by atoms with E-state index >= 15 is 0 Å². The van der Waals surface area contributed by atoms with Gasteiger partial charge in [0.25, 0.3) is 0 Å². The molecule has 1 saturated heterocycles. The van der Waals surface area contributed by atoms with Crippen LogP contribution >= 0.6 is 31.9 Å². The fourth-order valence-corrected chi connectivity index (χ4v) is 5.29. The van der Waals surface area contributed by atoms with Crippen LogP contribution in [0.4, 0.5) is 0 Å². The van der Waals surface area contributed by atoms with Crippen LogP contribution in [0.1, 0.15) is 27.7 Å². The topological polar surface area (TPSA) is 82.8 Å². The van der Waals surface area contributed by atoms with Crippen molar-refractivity contribution in [2.24, 2.45) is 14.1 Å². The highest BCUT2D eigenvalue weighted by atomic mass is 79.9. The summed E-state index contributed by atoms with van der Waals surface area (Å²) in [5, 5.41) is 3.38. The maximum absolute atomic E-state index is 6.11. The van der Waals surface area contributed by atoms with Crippen molar-refractivity contribution in [2.75, 3.05) is 0 Å². The van der Waals surface area contributed by atoms with Crippen LogP contribution in [0.25, 0.3) is 33.1 Å². The summed E-state index contributed by atoms with van der Waals surface area (Å²) in [6, 6.07) is 11.9. The number of aryl methyl sites for hydroxylation is 2. The summed E-state index contributed by atoms with van der Waals surface area (Å²) in [7, 11) is 3.64. The van der Waals surface area contributed by atoms with Gasteiger partial charge in [-0.2, -0.15) is 0 Å². The SMILES string of the molecule is Brc1ccnc2[nH]ccc12.Cn1ccc2c(B3OC(C)(C)C(C)(C)O3)ccnc21.Cn1ccc2c(Br)ccnc21. The van der Waals surface area contributed by atoms with Crippen LogP contribution in [0.5, 0.6) is 0 Å². The quantitative estimate of drug-likeness (QED) is 0.202. The van der Waals surface area contributed by atoms with Gasteiger partial charge in [0.1, 0.15) is 16.9 Å². The molecule has 1 fully saturated rings. The van der Waals surface area contributed by atoms with Crippen LogP contribution in [0.2, 0.25) is 0 Å². The molecule has 0 spiro atoms. The largest absolute Gasteiger partial charge is 0.495 e. The lowest BCUT2D eigenvalue weighted by atomic mass is 9.78. The summed E-state index contributed by atoms with van der Waals surface area (Å²) in [6.45, 7) is 8.26. The van der Waals surface area contributed by atoms with Gasteiger partial charge in [0.15, 0.2) is 0 Å². The van der Waals surface area contributed by atoms with E-state index in [1.165, 1.54) is 0 Å². The Bertz CT molecular complexity index is 1780. The highest BCUT2D eigenvalue weighted by Gasteiger charge is 2.52. The molecule has 40 heavy (non-hydrogen) atoms. The van der Waals surface area contributed by atoms with Gasteiger partial charge in [-0.15, -0.1) is 0 Å². The van der Waals surface area contributed by atoms with Crippen molar-refractivity contribution in [1.82, 2.24) is 29.1 Å². The minimum absolute atomic E-state index is 0.317. The van der Waals surface area contributed by atoms with Gasteiger partial charge in [0.05, 0.1) is 11.2 Å². The zero-order chi connectivity index (χ0) is 28.7. The third kappa shape index (κ3) is 5.48. The highest BCUT2D eigenvalue weighted by Crippen LogP contribution is 2.37. The summed E-state index contributed by atoms with van der Waals surface area (Å²) in [5.41, 5.74) is 3.30. The molecule has 8 nitrogen and oxygen atoms in total. The number of fused-ring (bicyclic) bond motifs is 3. The molecule has 7 rings (SSSR count). The third-order valence-corrected chi connectivity index (χ3v) is 8.81. The number of aromatic nitrogens is 6. The molecule has 11 heteroatoms. The summed E-state index contributed by atoms with van der Waals surface area (Å²) < 4.78 is 18.4. The minimum Gasteiger partial charge on any atom is -0.399 e. The average Bonchev–Trinajstić information content (AvgIpc) is 3.68. The van der Waals surface area contributed by atoms with E-state index in [2.05, 4.69) is 85.6 Å². The second-order valence-electron chi connectivity index (χ2n) is 10.6. The second-order valence-corrected chi connectivity index (χ2v) is 12.4. The zero-order valence-electron chi connectivity index (χ0n) is 23.3. The number of hydrogen-bond donors (Lipinski definition) is 1. The predicted octanol–water partition coefficient (Wildman–Crippen LogP) is 6.53. The van der Waals surface area contributed by atoms with Gasteiger partial charge in [-0.1, -0.05) is 0 Å². The van der Waals surface area contributed by atoms with Gasteiger partial charge in [-0.3, -0.25) is 0 Å². The van der Waals surface area contributed by atoms with Crippen molar-refractivity contribution in [1.29, 1.82) is 0 Å². The molecule has 0 bridgehead atoms. The number of H-pyrrole nitrogens is 1. The highest BCUT2D eigenvalue weighted by molar-refractivity contribution is 9.11. The number of rotatable bonds is 1. The smallest absolute Gasteiger partial charge is 0.399 e. The first-order chi connectivity index (χ1) is 19.0. The molecule has 6 aromatic rings. The van der Waals surface area contributed by atoms with Crippen LogP contribution < -0.4 is 5.46 Å². The lowest BCUT2D eigenvalue weighted by Crippen LogP contribution is -2.41. The molecule has 1 aliphatic heterocycles. The van der Waals surface area contributed by atoms with Gasteiger partial charge in [-0.05, 0) is 101 Å². The molecule has 6 aromatic heterocycles. The van der Waals surface area contributed by atoms with Crippen LogP contribution in [-0.4, -0.2) is 47.4 Å². The van der Waals surface area contributed by atoms with E-state index in [-0.39, 0.29) is 18.3 Å². The molecule has 1 aliphatic rings. The minimum atomic E-state index is -0.335. The molecule has 0 aliphatic carbocycles. The number of nitrogens with zero attached hydrogens (tertiary/aromatic N) is 5. The first-order valence-corrected chi connectivity index (χ1v) is 14.5. The van der Waals surface area contributed by atoms with Gasteiger partial charge >= 0.3 is 7.12 Å². The van der Waals surface area contributed by atoms with Gasteiger partial charge in [0.2, 0.25) is 0 Å². The first kappa shape index (κ1) is 28.5. The number of aromatic amines is 1. The summed E-state index contributed by atoms with van der Waals surface area (Å²) in [6.07, 6.45) is 11.3. The van der Waals surface area contributed by atoms with Crippen molar-refractivity contribution in [2.45, 2.75) is 38.9 Å². The van der Waals surface area contributed by atoms with Crippen molar-refractivity contribution in [3.63, 3.8) is 0 Å². The lowest BCUT2D eigenvalue weighted by molar-refractivity contribution is 0.00578. The van der Waals surface area contributed by atoms with Crippen LogP contribution in [0, 0.1) is 0 Å². The van der Waals surface area contributed by atoms with Crippen LogP contribution in [0.15, 0.2) is 82.5 Å². The maximum Gasteiger partial charge on any atom is 0.495 e. The first-order valence-electron chi connectivity index (χ1n) is 12.9. The standard InChI is InChI=1S/C14H19BN2O2.C8H7BrN2.C7H5BrN2/c1-13(2)14(3,4)19-15(18-13)11-6-8-16-12-10(11)7-9-17(12)5;1-11-5-3-6-7(9)2-4-10-8(6)11;8-6-2-4-10-7-5(6)1-3-9-7/h6-9H,1-5H3;2-5H,1H3;1-4H,(H,9,10). The normalized spacial score (nSPS) is 15.7. The molecule has 7 heterocycles. The Morgan fingerprint density at radius 3 is 1.82 bits per heavy atom. The Morgan fingerprint density at radius 1 is 0.700 bits per heavy atom. The molecule has 0 unspecified atom stereocenters. The summed E-state index contributed by atoms with van der Waals surface area (Å²) >= 11 is 6.87. The number of hydrogen-bond acceptors (Lipinski definition) is 5. The number of nitrogens with one attached hydrogen (secondary N) is 1. The molecular weight excluding hydrogens is 635 g/mol. The fourth-order valence-electron chi connectivity index (χ4n) is 4.42. The predicted molar refractivity (Wildman–Crippen MR) is 169 cm³/mol. The van der Waals surface area contributed by atoms with Crippen LogP contribution in [0.3, 0.4) is 0 Å². The van der Waals surface area contributed by atoms with E-state index in [0.717, 1.165) is 47.5 Å². The van der Waals surface area contributed by atoms with E-state index in [1.807, 2.05) is 78.3 Å². The molecule has 0 aromatic carbocycles. The number of halogens is 2. The molecule has 206 valence electrons. The van der Waals surface area contributed by atoms with Crippen molar-refractivity contribution < 1.29 is 9.31 Å². The fraction of sp³-hybridized carbons (Fsp3) is 0.276. The van der Waals surface area contributed by atoms with E-state index in [4.69, 9.17) is 9.31 Å². The van der Waals surface area contributed by atoms with Gasteiger partial charge in [-0.25, -0.2) is 15.0 Å². The third-order valence-electron chi connectivity index (χ3n) is 7.43. The Morgan fingerprint density at radius 2 is 1.23 bits per heavy atom. The Balaban J connectivity index is 0.000000131. The summed E-state index contributed by atoms with van der Waals surface area (Å²) in [4.78, 5) is 15.8. The maximum atomic E-state index is 6.11. The molecule has 0 radical (unpaired) electrons.